The Morgan fingerprint density at radius 2 is 2.00 bits per heavy atom. The second-order valence-corrected chi connectivity index (χ2v) is 6.73. The highest BCUT2D eigenvalue weighted by Crippen LogP contribution is 2.30. The van der Waals surface area contributed by atoms with E-state index in [4.69, 9.17) is 9.62 Å². The summed E-state index contributed by atoms with van der Waals surface area (Å²) in [4.78, 5) is 0. The molecule has 0 bridgehead atoms. The average Bonchev–Trinajstić information content (AvgIpc) is 3.02. The lowest BCUT2D eigenvalue weighted by atomic mass is 9.97. The van der Waals surface area contributed by atoms with Crippen LogP contribution in [0.4, 0.5) is 0 Å². The third kappa shape index (κ3) is 4.24. The maximum absolute atomic E-state index is 8.78. The van der Waals surface area contributed by atoms with Gasteiger partial charge in [0.1, 0.15) is 11.3 Å². The summed E-state index contributed by atoms with van der Waals surface area (Å²) >= 11 is 0. The van der Waals surface area contributed by atoms with Crippen LogP contribution >= 0.6 is 0 Å². The zero-order chi connectivity index (χ0) is 18.4. The minimum atomic E-state index is 0.448. The Bertz CT molecular complexity index is 892. The van der Waals surface area contributed by atoms with Gasteiger partial charge in [-0.1, -0.05) is 61.9 Å². The molecule has 0 atom stereocenters. The van der Waals surface area contributed by atoms with Gasteiger partial charge in [0.2, 0.25) is 0 Å². The van der Waals surface area contributed by atoms with Gasteiger partial charge in [0.05, 0.1) is 0 Å². The number of fused-ring (bicyclic) bond motifs is 1. The molecule has 26 heavy (non-hydrogen) atoms. The Hall–Kier alpha value is -2.36. The Morgan fingerprint density at radius 3 is 2.81 bits per heavy atom. The van der Waals surface area contributed by atoms with Gasteiger partial charge in [0, 0.05) is 30.3 Å². The molecule has 0 aliphatic rings. The van der Waals surface area contributed by atoms with Crippen LogP contribution in [0.2, 0.25) is 0 Å². The summed E-state index contributed by atoms with van der Waals surface area (Å²) in [5, 5.41) is 10.0. The van der Waals surface area contributed by atoms with E-state index in [1.54, 1.807) is 0 Å². The van der Waals surface area contributed by atoms with E-state index in [1.165, 1.54) is 22.1 Å². The fourth-order valence-electron chi connectivity index (χ4n) is 3.33. The van der Waals surface area contributed by atoms with Crippen molar-refractivity contribution in [1.29, 1.82) is 0 Å². The fraction of sp³-hybridized carbons (Fsp3) is 0.304. The molecule has 0 spiro atoms. The summed E-state index contributed by atoms with van der Waals surface area (Å²) in [6.45, 7) is 4.72. The molecule has 3 aromatic rings. The van der Waals surface area contributed by atoms with Gasteiger partial charge >= 0.3 is 0 Å². The molecule has 3 rings (SSSR count). The SMILES string of the molecule is CCCCc1oc2ccccc2c1Cc1cccc(/C(C)=C/CNO)c1. The fourth-order valence-corrected chi connectivity index (χ4v) is 3.33. The van der Waals surface area contributed by atoms with Crippen LogP contribution in [0.3, 0.4) is 0 Å². The highest BCUT2D eigenvalue weighted by molar-refractivity contribution is 5.82. The first-order chi connectivity index (χ1) is 12.7. The summed E-state index contributed by atoms with van der Waals surface area (Å²) < 4.78 is 6.16. The van der Waals surface area contributed by atoms with Crippen LogP contribution in [0, 0.1) is 0 Å². The van der Waals surface area contributed by atoms with E-state index in [-0.39, 0.29) is 0 Å². The number of furan rings is 1. The molecule has 0 saturated heterocycles. The summed E-state index contributed by atoms with van der Waals surface area (Å²) in [5.41, 5.74) is 8.07. The second kappa shape index (κ2) is 8.84. The van der Waals surface area contributed by atoms with Crippen LogP contribution in [-0.4, -0.2) is 11.8 Å². The van der Waals surface area contributed by atoms with Gasteiger partial charge in [0.25, 0.3) is 0 Å². The predicted octanol–water partition coefficient (Wildman–Crippen LogP) is 5.75. The van der Waals surface area contributed by atoms with Crippen molar-refractivity contribution in [3.63, 3.8) is 0 Å². The molecule has 0 radical (unpaired) electrons. The minimum Gasteiger partial charge on any atom is -0.461 e. The molecule has 0 aliphatic heterocycles. The Balaban J connectivity index is 1.93. The number of hydroxylamine groups is 1. The maximum atomic E-state index is 8.78. The molecular weight excluding hydrogens is 322 g/mol. The molecule has 0 fully saturated rings. The van der Waals surface area contributed by atoms with Crippen LogP contribution in [0.1, 0.15) is 49.1 Å². The highest BCUT2D eigenvalue weighted by Gasteiger charge is 2.14. The normalized spacial score (nSPS) is 12.0. The van der Waals surface area contributed by atoms with E-state index < -0.39 is 0 Å². The molecular formula is C23H27NO2. The van der Waals surface area contributed by atoms with Crippen LogP contribution in [0.5, 0.6) is 0 Å². The third-order valence-corrected chi connectivity index (χ3v) is 4.80. The second-order valence-electron chi connectivity index (χ2n) is 6.73. The van der Waals surface area contributed by atoms with Crippen molar-refractivity contribution in [2.75, 3.05) is 6.54 Å². The smallest absolute Gasteiger partial charge is 0.134 e. The molecule has 1 heterocycles. The standard InChI is InChI=1S/C23H27NO2/c1-3-4-11-23-21(20-10-5-6-12-22(20)26-23)16-18-8-7-9-19(15-18)17(2)13-14-24-25/h5-10,12-13,15,24-25H,3-4,11,14,16H2,1-2H3/b17-13+. The van der Waals surface area contributed by atoms with E-state index in [1.807, 2.05) is 12.1 Å². The zero-order valence-electron chi connectivity index (χ0n) is 15.6. The summed E-state index contributed by atoms with van der Waals surface area (Å²) in [6, 6.07) is 16.9. The lowest BCUT2D eigenvalue weighted by Gasteiger charge is -2.07. The van der Waals surface area contributed by atoms with Gasteiger partial charge in [0.15, 0.2) is 0 Å². The van der Waals surface area contributed by atoms with Crippen LogP contribution < -0.4 is 5.48 Å². The minimum absolute atomic E-state index is 0.448. The molecule has 0 unspecified atom stereocenters. The van der Waals surface area contributed by atoms with E-state index in [9.17, 15) is 0 Å². The maximum Gasteiger partial charge on any atom is 0.134 e. The summed E-state index contributed by atoms with van der Waals surface area (Å²) in [7, 11) is 0. The van der Waals surface area contributed by atoms with Crippen LogP contribution in [0.15, 0.2) is 59.0 Å². The topological polar surface area (TPSA) is 45.4 Å². The number of unbranched alkanes of at least 4 members (excludes halogenated alkanes) is 1. The van der Waals surface area contributed by atoms with Crippen molar-refractivity contribution >= 4 is 16.5 Å². The molecule has 2 aromatic carbocycles. The number of para-hydroxylation sites is 1. The number of aryl methyl sites for hydroxylation is 1. The van der Waals surface area contributed by atoms with E-state index in [0.29, 0.717) is 6.54 Å². The van der Waals surface area contributed by atoms with Gasteiger partial charge in [-0.2, -0.15) is 0 Å². The lowest BCUT2D eigenvalue weighted by molar-refractivity contribution is 0.180. The predicted molar refractivity (Wildman–Crippen MR) is 108 cm³/mol. The molecule has 0 saturated carbocycles. The van der Waals surface area contributed by atoms with Gasteiger partial charge in [-0.05, 0) is 36.1 Å². The monoisotopic (exact) mass is 349 g/mol. The number of hydrogen-bond acceptors (Lipinski definition) is 3. The van der Waals surface area contributed by atoms with Gasteiger partial charge in [-0.25, -0.2) is 5.48 Å². The molecule has 136 valence electrons. The molecule has 2 N–H and O–H groups in total. The number of rotatable bonds is 8. The molecule has 0 amide bonds. The molecule has 3 heteroatoms. The number of hydrogen-bond donors (Lipinski definition) is 2. The van der Waals surface area contributed by atoms with Crippen LogP contribution in [-0.2, 0) is 12.8 Å². The van der Waals surface area contributed by atoms with Crippen LogP contribution in [0.25, 0.3) is 16.5 Å². The first kappa shape index (κ1) is 18.4. The Kier molecular flexibility index (Phi) is 6.26. The van der Waals surface area contributed by atoms with Gasteiger partial charge < -0.3 is 9.62 Å². The van der Waals surface area contributed by atoms with Crippen molar-refractivity contribution in [1.82, 2.24) is 5.48 Å². The van der Waals surface area contributed by atoms with E-state index in [0.717, 1.165) is 42.6 Å². The first-order valence-corrected chi connectivity index (χ1v) is 9.35. The summed E-state index contributed by atoms with van der Waals surface area (Å²) in [6.07, 6.45) is 6.15. The zero-order valence-corrected chi connectivity index (χ0v) is 15.6. The quantitative estimate of drug-likeness (QED) is 0.509. The molecule has 3 nitrogen and oxygen atoms in total. The molecule has 0 aliphatic carbocycles. The number of nitrogens with one attached hydrogen (secondary N) is 1. The van der Waals surface area contributed by atoms with Crippen molar-refractivity contribution in [3.05, 3.63) is 77.1 Å². The van der Waals surface area contributed by atoms with Crippen molar-refractivity contribution in [2.45, 2.75) is 39.5 Å². The molecule has 1 aromatic heterocycles. The van der Waals surface area contributed by atoms with Crippen molar-refractivity contribution in [3.8, 4) is 0 Å². The third-order valence-electron chi connectivity index (χ3n) is 4.80. The van der Waals surface area contributed by atoms with Crippen molar-refractivity contribution in [2.24, 2.45) is 0 Å². The lowest BCUT2D eigenvalue weighted by Crippen LogP contribution is -2.05. The van der Waals surface area contributed by atoms with E-state index >= 15 is 0 Å². The van der Waals surface area contributed by atoms with Crippen molar-refractivity contribution < 1.29 is 9.62 Å². The first-order valence-electron chi connectivity index (χ1n) is 9.35. The highest BCUT2D eigenvalue weighted by atomic mass is 16.5. The summed E-state index contributed by atoms with van der Waals surface area (Å²) in [5.74, 6) is 1.12. The van der Waals surface area contributed by atoms with Gasteiger partial charge in [-0.3, -0.25) is 0 Å². The Morgan fingerprint density at radius 1 is 1.15 bits per heavy atom. The number of benzene rings is 2. The van der Waals surface area contributed by atoms with Gasteiger partial charge in [-0.15, -0.1) is 0 Å². The van der Waals surface area contributed by atoms with E-state index in [2.05, 4.69) is 61.8 Å². The Labute approximate surface area is 155 Å². The number of allylic oxidation sites excluding steroid dienone is 1. The average molecular weight is 349 g/mol. The largest absolute Gasteiger partial charge is 0.461 e.